The quantitative estimate of drug-likeness (QED) is 0.606. The topological polar surface area (TPSA) is 12.5 Å². The Kier molecular flexibility index (Phi) is 2.14. The molecule has 0 aromatic heterocycles. The molecule has 84 valence electrons. The summed E-state index contributed by atoms with van der Waals surface area (Å²) in [7, 11) is 0. The lowest BCUT2D eigenvalue weighted by molar-refractivity contribution is 0.0946. The van der Waals surface area contributed by atoms with Gasteiger partial charge in [-0.1, -0.05) is 28.4 Å². The molecule has 3 aliphatic rings. The largest absolute Gasteiger partial charge is 0.366 e. The van der Waals surface area contributed by atoms with E-state index in [1.54, 1.807) is 5.57 Å². The van der Waals surface area contributed by atoms with E-state index in [9.17, 15) is 0 Å². The van der Waals surface area contributed by atoms with Crippen LogP contribution in [0.5, 0.6) is 0 Å². The Hall–Kier alpha value is 0.180. The van der Waals surface area contributed by atoms with Crippen LogP contribution in [0.25, 0.3) is 0 Å². The minimum atomic E-state index is 0.249. The van der Waals surface area contributed by atoms with E-state index < -0.39 is 0 Å². The number of ether oxygens (including phenoxy) is 1. The van der Waals surface area contributed by atoms with Gasteiger partial charge in [0.15, 0.2) is 0 Å². The van der Waals surface area contributed by atoms with Gasteiger partial charge in [-0.05, 0) is 49.9 Å². The first-order valence-electron chi connectivity index (χ1n) is 6.11. The zero-order valence-corrected chi connectivity index (χ0v) is 11.1. The first-order chi connectivity index (χ1) is 7.14. The summed E-state index contributed by atoms with van der Waals surface area (Å²) in [6.45, 7) is 4.71. The second-order valence-corrected chi connectivity index (χ2v) is 6.15. The number of fused-ring (bicyclic) bond motifs is 2. The third-order valence-electron chi connectivity index (χ3n) is 5.28. The molecule has 2 heteroatoms. The summed E-state index contributed by atoms with van der Waals surface area (Å²) in [5.41, 5.74) is 2.30. The Balaban J connectivity index is 1.98. The minimum absolute atomic E-state index is 0.249. The van der Waals surface area contributed by atoms with Crippen LogP contribution in [0, 0.1) is 11.3 Å². The van der Waals surface area contributed by atoms with Gasteiger partial charge in [-0.15, -0.1) is 0 Å². The van der Waals surface area contributed by atoms with Crippen LogP contribution in [0.2, 0.25) is 0 Å². The molecule has 0 N–H and O–H groups in total. The van der Waals surface area contributed by atoms with Gasteiger partial charge < -0.3 is 4.74 Å². The van der Waals surface area contributed by atoms with Crippen molar-refractivity contribution in [1.29, 1.82) is 0 Å². The maximum atomic E-state index is 5.99. The normalized spacial score (nSPS) is 56.1. The van der Waals surface area contributed by atoms with Gasteiger partial charge in [-0.2, -0.15) is 0 Å². The fourth-order valence-electron chi connectivity index (χ4n) is 4.35. The average molecular weight is 271 g/mol. The van der Waals surface area contributed by atoms with Crippen molar-refractivity contribution in [2.45, 2.75) is 57.7 Å². The first kappa shape index (κ1) is 10.3. The highest BCUT2D eigenvalue weighted by atomic mass is 79.9. The van der Waals surface area contributed by atoms with Gasteiger partial charge in [0.25, 0.3) is 0 Å². The van der Waals surface area contributed by atoms with E-state index in [-0.39, 0.29) is 5.60 Å². The van der Waals surface area contributed by atoms with Crippen molar-refractivity contribution in [3.05, 3.63) is 10.6 Å². The summed E-state index contributed by atoms with van der Waals surface area (Å²) >= 11 is 3.54. The molecule has 1 aliphatic heterocycles. The maximum Gasteiger partial charge on any atom is 0.100 e. The molecule has 2 saturated carbocycles. The number of allylic oxidation sites excluding steroid dienone is 1. The van der Waals surface area contributed by atoms with Crippen molar-refractivity contribution in [1.82, 2.24) is 0 Å². The predicted molar refractivity (Wildman–Crippen MR) is 65.0 cm³/mol. The molecule has 1 saturated heterocycles. The van der Waals surface area contributed by atoms with Crippen LogP contribution in [0.15, 0.2) is 10.6 Å². The standard InChI is InChI=1S/C13H19BrO/c1-9-13(15-9)7-5-11-10(8-14)4-3-6-12(11,13)2/h8-9,11H,3-7H2,1-2H3/t9-,11-,12-,13-/m0/s1. The molecule has 1 spiro atoms. The molecule has 3 fully saturated rings. The van der Waals surface area contributed by atoms with Crippen molar-refractivity contribution >= 4 is 15.9 Å². The summed E-state index contributed by atoms with van der Waals surface area (Å²) in [5.74, 6) is 0.774. The highest BCUT2D eigenvalue weighted by Gasteiger charge is 2.70. The Morgan fingerprint density at radius 2 is 2.20 bits per heavy atom. The van der Waals surface area contributed by atoms with E-state index in [4.69, 9.17) is 4.74 Å². The third-order valence-corrected chi connectivity index (χ3v) is 5.86. The van der Waals surface area contributed by atoms with E-state index >= 15 is 0 Å². The van der Waals surface area contributed by atoms with E-state index in [0.29, 0.717) is 11.5 Å². The van der Waals surface area contributed by atoms with Crippen LogP contribution in [0.3, 0.4) is 0 Å². The van der Waals surface area contributed by atoms with Crippen molar-refractivity contribution in [3.8, 4) is 0 Å². The molecule has 3 rings (SSSR count). The SMILES string of the molecule is C[C@@H]1O[C@@]12CC[C@H]1C(=CBr)CCC[C@@]12C. The number of hydrogen-bond donors (Lipinski definition) is 0. The average Bonchev–Trinajstić information content (AvgIpc) is 2.78. The van der Waals surface area contributed by atoms with Crippen molar-refractivity contribution in [2.75, 3.05) is 0 Å². The predicted octanol–water partition coefficient (Wildman–Crippen LogP) is 4.02. The minimum Gasteiger partial charge on any atom is -0.366 e. The lowest BCUT2D eigenvalue weighted by atomic mass is 9.63. The lowest BCUT2D eigenvalue weighted by Crippen LogP contribution is -2.39. The third kappa shape index (κ3) is 1.13. The number of hydrogen-bond acceptors (Lipinski definition) is 1. The molecule has 1 nitrogen and oxygen atoms in total. The summed E-state index contributed by atoms with van der Waals surface area (Å²) < 4.78 is 5.99. The monoisotopic (exact) mass is 270 g/mol. The molecule has 0 bridgehead atoms. The van der Waals surface area contributed by atoms with Gasteiger partial charge in [-0.25, -0.2) is 0 Å². The van der Waals surface area contributed by atoms with Crippen LogP contribution in [0.1, 0.15) is 46.0 Å². The fourth-order valence-corrected chi connectivity index (χ4v) is 4.89. The van der Waals surface area contributed by atoms with Gasteiger partial charge in [0.2, 0.25) is 0 Å². The van der Waals surface area contributed by atoms with E-state index in [0.717, 1.165) is 5.92 Å². The van der Waals surface area contributed by atoms with Crippen LogP contribution in [-0.2, 0) is 4.74 Å². The fraction of sp³-hybridized carbons (Fsp3) is 0.846. The molecular formula is C13H19BrO. The highest BCUT2D eigenvalue weighted by molar-refractivity contribution is 9.11. The van der Waals surface area contributed by atoms with Crippen LogP contribution in [-0.4, -0.2) is 11.7 Å². The van der Waals surface area contributed by atoms with Gasteiger partial charge >= 0.3 is 0 Å². The summed E-state index contributed by atoms with van der Waals surface area (Å²) in [6.07, 6.45) is 7.09. The number of halogens is 1. The molecule has 0 amide bonds. The first-order valence-corrected chi connectivity index (χ1v) is 7.02. The molecular weight excluding hydrogens is 252 g/mol. The molecule has 1 heterocycles. The van der Waals surface area contributed by atoms with Gasteiger partial charge in [0.05, 0.1) is 6.10 Å². The van der Waals surface area contributed by atoms with Crippen LogP contribution in [0.4, 0.5) is 0 Å². The molecule has 2 aliphatic carbocycles. The summed E-state index contributed by atoms with van der Waals surface area (Å²) in [5, 5.41) is 0. The molecule has 0 aromatic carbocycles. The molecule has 0 unspecified atom stereocenters. The smallest absolute Gasteiger partial charge is 0.100 e. The van der Waals surface area contributed by atoms with Gasteiger partial charge in [0, 0.05) is 5.41 Å². The van der Waals surface area contributed by atoms with E-state index in [2.05, 4.69) is 34.8 Å². The Labute approximate surface area is 100 Å². The second kappa shape index (κ2) is 3.10. The van der Waals surface area contributed by atoms with Gasteiger partial charge in [0.1, 0.15) is 5.60 Å². The highest BCUT2D eigenvalue weighted by Crippen LogP contribution is 2.68. The van der Waals surface area contributed by atoms with Crippen LogP contribution < -0.4 is 0 Å². The zero-order valence-electron chi connectivity index (χ0n) is 9.55. The summed E-state index contributed by atoms with van der Waals surface area (Å²) in [4.78, 5) is 2.18. The second-order valence-electron chi connectivity index (χ2n) is 5.70. The molecule has 0 aromatic rings. The Morgan fingerprint density at radius 3 is 2.80 bits per heavy atom. The zero-order chi connectivity index (χ0) is 10.7. The molecule has 15 heavy (non-hydrogen) atoms. The molecule has 4 atom stereocenters. The maximum absolute atomic E-state index is 5.99. The van der Waals surface area contributed by atoms with Crippen LogP contribution >= 0.6 is 15.9 Å². The van der Waals surface area contributed by atoms with Crippen molar-refractivity contribution < 1.29 is 4.74 Å². The van der Waals surface area contributed by atoms with Gasteiger partial charge in [-0.3, -0.25) is 0 Å². The van der Waals surface area contributed by atoms with E-state index in [1.807, 2.05) is 0 Å². The molecule has 0 radical (unpaired) electrons. The van der Waals surface area contributed by atoms with Crippen molar-refractivity contribution in [3.63, 3.8) is 0 Å². The number of epoxide rings is 1. The Bertz CT molecular complexity index is 324. The van der Waals surface area contributed by atoms with E-state index in [1.165, 1.54) is 32.1 Å². The lowest BCUT2D eigenvalue weighted by Gasteiger charge is -2.41. The number of rotatable bonds is 0. The van der Waals surface area contributed by atoms with Crippen molar-refractivity contribution in [2.24, 2.45) is 11.3 Å². The Morgan fingerprint density at radius 1 is 1.47 bits per heavy atom. The summed E-state index contributed by atoms with van der Waals surface area (Å²) in [6, 6.07) is 0.